The zero-order chi connectivity index (χ0) is 12.1. The molecule has 0 aliphatic heterocycles. The summed E-state index contributed by atoms with van der Waals surface area (Å²) in [5, 5.41) is 0. The second-order valence-electron chi connectivity index (χ2n) is 3.72. The second kappa shape index (κ2) is 5.16. The van der Waals surface area contributed by atoms with Crippen molar-refractivity contribution in [3.63, 3.8) is 0 Å². The van der Waals surface area contributed by atoms with E-state index in [2.05, 4.69) is 4.98 Å². The largest absolute Gasteiger partial charge is 0.460 e. The van der Waals surface area contributed by atoms with E-state index in [9.17, 15) is 0 Å². The molecular weight excluding hydrogens is 212 g/mol. The van der Waals surface area contributed by atoms with Crippen LogP contribution >= 0.6 is 0 Å². The second-order valence-corrected chi connectivity index (χ2v) is 3.72. The molecule has 1 aromatic carbocycles. The third-order valence-corrected chi connectivity index (χ3v) is 2.18. The number of hydrogen-bond donors (Lipinski definition) is 1. The van der Waals surface area contributed by atoms with Gasteiger partial charge in [-0.05, 0) is 18.6 Å². The fourth-order valence-electron chi connectivity index (χ4n) is 1.49. The van der Waals surface area contributed by atoms with E-state index in [1.807, 2.05) is 43.3 Å². The maximum atomic E-state index is 5.62. The summed E-state index contributed by atoms with van der Waals surface area (Å²) < 4.78 is 5.62. The Kier molecular flexibility index (Phi) is 3.40. The molecule has 0 radical (unpaired) electrons. The van der Waals surface area contributed by atoms with Crippen LogP contribution in [0.5, 0.6) is 5.75 Å². The molecule has 0 atom stereocenters. The number of anilines is 1. The predicted molar refractivity (Wildman–Crippen MR) is 69.4 cm³/mol. The van der Waals surface area contributed by atoms with E-state index in [-0.39, 0.29) is 0 Å². The van der Waals surface area contributed by atoms with Crippen molar-refractivity contribution in [2.45, 2.75) is 6.92 Å². The van der Waals surface area contributed by atoms with Crippen LogP contribution in [0.3, 0.4) is 0 Å². The van der Waals surface area contributed by atoms with Crippen LogP contribution in [0.1, 0.15) is 12.5 Å². The van der Waals surface area contributed by atoms with Crippen molar-refractivity contribution in [3.05, 3.63) is 60.1 Å². The first-order valence-corrected chi connectivity index (χ1v) is 5.36. The smallest absolute Gasteiger partial charge is 0.147 e. The summed E-state index contributed by atoms with van der Waals surface area (Å²) >= 11 is 0. The summed E-state index contributed by atoms with van der Waals surface area (Å²) in [4.78, 5) is 3.97. The van der Waals surface area contributed by atoms with Crippen LogP contribution in [-0.2, 0) is 0 Å². The van der Waals surface area contributed by atoms with Gasteiger partial charge in [0.2, 0.25) is 0 Å². The van der Waals surface area contributed by atoms with Gasteiger partial charge >= 0.3 is 0 Å². The van der Waals surface area contributed by atoms with Crippen molar-refractivity contribution in [1.29, 1.82) is 0 Å². The van der Waals surface area contributed by atoms with E-state index in [1.54, 1.807) is 18.5 Å². The summed E-state index contributed by atoms with van der Waals surface area (Å²) in [6.07, 6.45) is 5.19. The van der Waals surface area contributed by atoms with Crippen LogP contribution in [-0.4, -0.2) is 4.98 Å². The van der Waals surface area contributed by atoms with Crippen molar-refractivity contribution < 1.29 is 4.74 Å². The molecule has 0 bridgehead atoms. The summed E-state index contributed by atoms with van der Waals surface area (Å²) in [5.74, 6) is 1.44. The van der Waals surface area contributed by atoms with Gasteiger partial charge in [0.15, 0.2) is 0 Å². The Bertz CT molecular complexity index is 521. The number of benzene rings is 1. The number of allylic oxidation sites excluding steroid dienone is 1. The molecule has 1 heterocycles. The number of nitrogens with two attached hydrogens (primary N) is 1. The van der Waals surface area contributed by atoms with E-state index in [1.165, 1.54) is 0 Å². The fourth-order valence-corrected chi connectivity index (χ4v) is 1.49. The number of aromatic nitrogens is 1. The van der Waals surface area contributed by atoms with Gasteiger partial charge in [-0.25, -0.2) is 0 Å². The SMILES string of the molecule is CC(=Cc1ccccc1)Oc1cncc(N)c1. The van der Waals surface area contributed by atoms with Gasteiger partial charge in [-0.3, -0.25) is 4.98 Å². The standard InChI is InChI=1S/C14H14N2O/c1-11(7-12-5-3-2-4-6-12)17-14-8-13(15)9-16-10-14/h2-10H,15H2,1H3. The predicted octanol–water partition coefficient (Wildman–Crippen LogP) is 3.10. The molecule has 3 nitrogen and oxygen atoms in total. The summed E-state index contributed by atoms with van der Waals surface area (Å²) in [6.45, 7) is 1.90. The highest BCUT2D eigenvalue weighted by molar-refractivity contribution is 5.51. The van der Waals surface area contributed by atoms with Crippen molar-refractivity contribution in [2.75, 3.05) is 5.73 Å². The third-order valence-electron chi connectivity index (χ3n) is 2.18. The zero-order valence-electron chi connectivity index (χ0n) is 9.63. The molecule has 0 amide bonds. The molecule has 86 valence electrons. The topological polar surface area (TPSA) is 48.1 Å². The normalized spacial score (nSPS) is 11.2. The number of nitrogen functional groups attached to an aromatic ring is 1. The molecule has 17 heavy (non-hydrogen) atoms. The molecule has 0 saturated heterocycles. The Morgan fingerprint density at radius 1 is 1.24 bits per heavy atom. The van der Waals surface area contributed by atoms with Crippen LogP contribution in [0.2, 0.25) is 0 Å². The quantitative estimate of drug-likeness (QED) is 0.818. The fraction of sp³-hybridized carbons (Fsp3) is 0.0714. The maximum Gasteiger partial charge on any atom is 0.147 e. The van der Waals surface area contributed by atoms with Gasteiger partial charge in [-0.1, -0.05) is 30.3 Å². The third kappa shape index (κ3) is 3.34. The lowest BCUT2D eigenvalue weighted by molar-refractivity contribution is 0.431. The summed E-state index contributed by atoms with van der Waals surface area (Å²) in [5.41, 5.74) is 7.32. The Hall–Kier alpha value is -2.29. The van der Waals surface area contributed by atoms with Crippen LogP contribution in [0.25, 0.3) is 6.08 Å². The Morgan fingerprint density at radius 3 is 2.71 bits per heavy atom. The van der Waals surface area contributed by atoms with E-state index >= 15 is 0 Å². The number of pyridine rings is 1. The average molecular weight is 226 g/mol. The van der Waals surface area contributed by atoms with Gasteiger partial charge in [0, 0.05) is 6.07 Å². The minimum Gasteiger partial charge on any atom is -0.460 e. The monoisotopic (exact) mass is 226 g/mol. The van der Waals surface area contributed by atoms with Gasteiger partial charge in [-0.2, -0.15) is 0 Å². The van der Waals surface area contributed by atoms with E-state index in [0.717, 1.165) is 11.3 Å². The first-order valence-electron chi connectivity index (χ1n) is 5.36. The number of hydrogen-bond acceptors (Lipinski definition) is 3. The lowest BCUT2D eigenvalue weighted by atomic mass is 10.2. The van der Waals surface area contributed by atoms with Crippen LogP contribution in [0, 0.1) is 0 Å². The van der Waals surface area contributed by atoms with Crippen LogP contribution < -0.4 is 10.5 Å². The van der Waals surface area contributed by atoms with Crippen LogP contribution in [0.4, 0.5) is 5.69 Å². The molecule has 3 heteroatoms. The van der Waals surface area contributed by atoms with Gasteiger partial charge in [0.05, 0.1) is 18.1 Å². The average Bonchev–Trinajstić information content (AvgIpc) is 2.30. The summed E-state index contributed by atoms with van der Waals surface area (Å²) in [6, 6.07) is 11.7. The number of nitrogens with zero attached hydrogens (tertiary/aromatic N) is 1. The Balaban J connectivity index is 2.12. The molecule has 2 aromatic rings. The molecule has 0 saturated carbocycles. The highest BCUT2D eigenvalue weighted by atomic mass is 16.5. The van der Waals surface area contributed by atoms with Gasteiger partial charge in [-0.15, -0.1) is 0 Å². The Morgan fingerprint density at radius 2 is 2.00 bits per heavy atom. The van der Waals surface area contributed by atoms with Crippen molar-refractivity contribution >= 4 is 11.8 Å². The number of rotatable bonds is 3. The first-order chi connectivity index (χ1) is 8.24. The van der Waals surface area contributed by atoms with Crippen molar-refractivity contribution in [1.82, 2.24) is 4.98 Å². The molecule has 0 unspecified atom stereocenters. The van der Waals surface area contributed by atoms with E-state index in [4.69, 9.17) is 10.5 Å². The Labute approximate surface area is 101 Å². The van der Waals surface area contributed by atoms with E-state index < -0.39 is 0 Å². The molecule has 0 aliphatic carbocycles. The molecule has 2 N–H and O–H groups in total. The minimum atomic E-state index is 0.593. The molecule has 1 aromatic heterocycles. The number of ether oxygens (including phenoxy) is 1. The molecule has 2 rings (SSSR count). The highest BCUT2D eigenvalue weighted by Crippen LogP contribution is 2.16. The minimum absolute atomic E-state index is 0.593. The van der Waals surface area contributed by atoms with Gasteiger partial charge < -0.3 is 10.5 Å². The maximum absolute atomic E-state index is 5.62. The van der Waals surface area contributed by atoms with Crippen molar-refractivity contribution in [3.8, 4) is 5.75 Å². The molecule has 0 aliphatic rings. The lowest BCUT2D eigenvalue weighted by Gasteiger charge is -2.05. The molecular formula is C14H14N2O. The zero-order valence-corrected chi connectivity index (χ0v) is 9.63. The molecule has 0 spiro atoms. The van der Waals surface area contributed by atoms with E-state index in [0.29, 0.717) is 11.4 Å². The molecule has 0 fully saturated rings. The summed E-state index contributed by atoms with van der Waals surface area (Å²) in [7, 11) is 0. The van der Waals surface area contributed by atoms with Gasteiger partial charge in [0.25, 0.3) is 0 Å². The highest BCUT2D eigenvalue weighted by Gasteiger charge is 1.97. The van der Waals surface area contributed by atoms with Crippen LogP contribution in [0.15, 0.2) is 54.6 Å². The lowest BCUT2D eigenvalue weighted by Crippen LogP contribution is -1.93. The van der Waals surface area contributed by atoms with Crippen molar-refractivity contribution in [2.24, 2.45) is 0 Å². The van der Waals surface area contributed by atoms with Gasteiger partial charge in [0.1, 0.15) is 11.5 Å². The first kappa shape index (κ1) is 11.2.